The molecule has 7 aromatic rings. The molecule has 0 unspecified atom stereocenters. The van der Waals surface area contributed by atoms with Crippen LogP contribution >= 0.6 is 0 Å². The van der Waals surface area contributed by atoms with E-state index in [0.29, 0.717) is 292 Å². The Morgan fingerprint density at radius 2 is 0.726 bits per heavy atom. The number of aryl methyl sites for hydroxylation is 2. The summed E-state index contributed by atoms with van der Waals surface area (Å²) in [6.45, 7) is 13.7. The molecular formula is C92H124FeN10O21. The summed E-state index contributed by atoms with van der Waals surface area (Å²) in [5.41, 5.74) is 9.01. The van der Waals surface area contributed by atoms with Gasteiger partial charge in [0, 0.05) is 110 Å². The fourth-order valence-electron chi connectivity index (χ4n) is 13.0. The predicted molar refractivity (Wildman–Crippen MR) is 469 cm³/mol. The van der Waals surface area contributed by atoms with Crippen LogP contribution in [-0.4, -0.2) is 263 Å². The standard InChI is InChI=1S/C92H126N10O21.Fe/c1-69-24-25-70(66-83(69)123-41-9-7-6-8-39-102-40-34-93-68-102)88-73-30-32-77(100-73)89(91-79(119-42-12-20-84(103)94-35-46-111-58-62-115-54-50-107-2)16-10-17-80(91)120-43-13-21-85(104)95-36-47-112-59-63-116-55-51-108-3)75-28-26-71(98-75)67-72-27-29-76(99-72)90(78-33-31-74(88)101-78)92-81(121-44-14-22-86(105)96-37-48-113-60-64-117-56-52-109-4)18-11-19-82(92)122-45-15-23-87(106)97-38-49-114-61-65-118-57-53-110-5;/h10-11,16-19,24-34,40,66-68H,6-9,12-15,20-23,35-39,41-65H2,1-5H3,(H6,94,95,96,97,98,99,100,101,103,104,105,106);/q;+2/p-2. The van der Waals surface area contributed by atoms with Crippen LogP contribution in [0.4, 0.5) is 0 Å². The molecule has 2 aliphatic rings. The molecule has 0 atom stereocenters. The number of benzene rings is 3. The normalized spacial score (nSPS) is 11.6. The number of rotatable bonds is 67. The number of hydrogen-bond donors (Lipinski definition) is 4. The molecule has 0 aliphatic carbocycles. The smallest absolute Gasteiger partial charge is 0.657 e. The minimum absolute atomic E-state index is 0. The summed E-state index contributed by atoms with van der Waals surface area (Å²) in [5.74, 6) is 1.87. The third-order valence-corrected chi connectivity index (χ3v) is 19.2. The Hall–Kier alpha value is -9.61. The molecule has 676 valence electrons. The number of amides is 4. The zero-order chi connectivity index (χ0) is 86.4. The van der Waals surface area contributed by atoms with Crippen molar-refractivity contribution in [3.63, 3.8) is 0 Å². The van der Waals surface area contributed by atoms with Crippen LogP contribution in [0.1, 0.15) is 105 Å². The van der Waals surface area contributed by atoms with Crippen molar-refractivity contribution in [1.82, 2.24) is 50.8 Å². The molecule has 0 saturated carbocycles. The van der Waals surface area contributed by atoms with Crippen molar-refractivity contribution in [2.45, 2.75) is 90.5 Å². The number of carbonyl (C=O) groups is 4. The second-order valence-corrected chi connectivity index (χ2v) is 28.6. The first-order chi connectivity index (χ1) is 60.5. The first-order valence-corrected chi connectivity index (χ1v) is 42.7. The van der Waals surface area contributed by atoms with E-state index in [1.807, 2.05) is 117 Å². The first-order valence-electron chi connectivity index (χ1n) is 42.7. The van der Waals surface area contributed by atoms with Crippen LogP contribution in [0.5, 0.6) is 28.7 Å². The molecule has 31 nitrogen and oxygen atoms in total. The number of nitrogens with zero attached hydrogens (tertiary/aromatic N) is 6. The van der Waals surface area contributed by atoms with Crippen molar-refractivity contribution in [2.75, 3.05) is 220 Å². The van der Waals surface area contributed by atoms with Crippen LogP contribution in [-0.2, 0) is 99.6 Å². The molecule has 4 aromatic heterocycles. The number of ether oxygens (including phenoxy) is 17. The largest absolute Gasteiger partial charge is 2.00 e. The van der Waals surface area contributed by atoms with Crippen LogP contribution in [0.15, 0.2) is 104 Å². The van der Waals surface area contributed by atoms with Gasteiger partial charge in [0.05, 0.1) is 205 Å². The number of unbranched alkanes of at least 4 members (excludes halogenated alkanes) is 3. The number of methoxy groups -OCH3 is 4. The van der Waals surface area contributed by atoms with E-state index in [1.165, 1.54) is 0 Å². The summed E-state index contributed by atoms with van der Waals surface area (Å²) in [6.07, 6.45) is 19.5. The molecule has 0 radical (unpaired) electrons. The van der Waals surface area contributed by atoms with Gasteiger partial charge in [0.1, 0.15) is 28.7 Å². The number of imidazole rings is 1. The van der Waals surface area contributed by atoms with Gasteiger partial charge in [0.25, 0.3) is 0 Å². The maximum absolute atomic E-state index is 13.3. The predicted octanol–water partition coefficient (Wildman–Crippen LogP) is 10.9. The van der Waals surface area contributed by atoms with Gasteiger partial charge in [-0.2, -0.15) is 0 Å². The van der Waals surface area contributed by atoms with E-state index in [9.17, 15) is 19.2 Å². The van der Waals surface area contributed by atoms with Gasteiger partial charge in [-0.15, -0.1) is 22.1 Å². The number of carbonyl (C=O) groups excluding carboxylic acids is 4. The van der Waals surface area contributed by atoms with E-state index in [2.05, 4.69) is 43.0 Å². The number of aromatic nitrogens is 6. The van der Waals surface area contributed by atoms with Gasteiger partial charge in [-0.05, 0) is 117 Å². The van der Waals surface area contributed by atoms with E-state index in [4.69, 9.17) is 100 Å². The van der Waals surface area contributed by atoms with Crippen LogP contribution in [0.2, 0.25) is 0 Å². The van der Waals surface area contributed by atoms with Gasteiger partial charge < -0.3 is 116 Å². The Bertz CT molecular complexity index is 4250. The Kier molecular flexibility index (Phi) is 48.4. The van der Waals surface area contributed by atoms with Gasteiger partial charge in [-0.3, -0.25) is 19.2 Å². The molecule has 32 heteroatoms. The van der Waals surface area contributed by atoms with Gasteiger partial charge in [0.2, 0.25) is 23.6 Å². The molecule has 8 bridgehead atoms. The van der Waals surface area contributed by atoms with Crippen molar-refractivity contribution in [3.8, 4) is 62.1 Å². The van der Waals surface area contributed by atoms with Crippen LogP contribution in [0.25, 0.3) is 79.8 Å². The maximum atomic E-state index is 13.3. The Morgan fingerprint density at radius 3 is 1.16 bits per heavy atom. The average Bonchev–Trinajstić information content (AvgIpc) is 1.60. The maximum Gasteiger partial charge on any atom is 2.00 e. The van der Waals surface area contributed by atoms with Crippen molar-refractivity contribution in [3.05, 3.63) is 132 Å². The van der Waals surface area contributed by atoms with Crippen LogP contribution < -0.4 is 54.9 Å². The molecule has 124 heavy (non-hydrogen) atoms. The molecule has 4 amide bonds. The fourth-order valence-corrected chi connectivity index (χ4v) is 13.0. The number of fused-ring (bicyclic) bond motifs is 8. The molecule has 6 heterocycles. The SMILES string of the molecule is COCCOCCOCCNC(=O)CCCOc1cccc(OCCCC(=O)NCCOCCOCCOC)c1-c1c2nc(c(-c3ccc(C)c(OCCCCCCn4ccnc4)c3)c3ccc([n-]3)c(-c3c(OCCCC(=O)NCCOCCOCCOC)cccc3OCCCC(=O)NCCOCCOCCOC)c3nc(cc4ccc1[n-]4)C=C3)C=C2.[Fe+2]. The third-order valence-electron chi connectivity index (χ3n) is 19.2. The van der Waals surface area contributed by atoms with Gasteiger partial charge >= 0.3 is 17.1 Å². The zero-order valence-electron chi connectivity index (χ0n) is 72.4. The average molecular weight is 1760 g/mol. The molecule has 3 aromatic carbocycles. The molecule has 0 spiro atoms. The number of hydrogen-bond acceptors (Lipinski definition) is 24. The molecule has 4 N–H and O–H groups in total. The molecular weight excluding hydrogens is 1640 g/mol. The third kappa shape index (κ3) is 36.2. The molecule has 2 aliphatic heterocycles. The zero-order valence-corrected chi connectivity index (χ0v) is 73.5. The Balaban J connectivity index is 0.0000191. The van der Waals surface area contributed by atoms with Crippen molar-refractivity contribution in [2.24, 2.45) is 0 Å². The van der Waals surface area contributed by atoms with Crippen LogP contribution in [0.3, 0.4) is 0 Å². The monoisotopic (exact) mass is 1760 g/mol. The van der Waals surface area contributed by atoms with E-state index in [0.717, 1.165) is 43.4 Å². The quantitative estimate of drug-likeness (QED) is 0.0203. The van der Waals surface area contributed by atoms with Gasteiger partial charge in [-0.25, -0.2) is 15.0 Å². The van der Waals surface area contributed by atoms with Crippen LogP contribution in [0, 0.1) is 6.92 Å². The minimum Gasteiger partial charge on any atom is -0.657 e. The second kappa shape index (κ2) is 60.1. The van der Waals surface area contributed by atoms with E-state index in [-0.39, 0.29) is 92.8 Å². The van der Waals surface area contributed by atoms with Gasteiger partial charge in [-0.1, -0.05) is 67.4 Å². The molecule has 0 fully saturated rings. The van der Waals surface area contributed by atoms with Crippen molar-refractivity contribution >= 4 is 70.0 Å². The summed E-state index contributed by atoms with van der Waals surface area (Å²) in [6, 6.07) is 27.0. The summed E-state index contributed by atoms with van der Waals surface area (Å²) < 4.78 is 101. The summed E-state index contributed by atoms with van der Waals surface area (Å²) in [4.78, 5) is 79.3. The Morgan fingerprint density at radius 1 is 0.355 bits per heavy atom. The summed E-state index contributed by atoms with van der Waals surface area (Å²) in [5, 5.41) is 11.8. The van der Waals surface area contributed by atoms with Crippen molar-refractivity contribution < 1.29 is 117 Å². The van der Waals surface area contributed by atoms with E-state index >= 15 is 0 Å². The Labute approximate surface area is 738 Å². The summed E-state index contributed by atoms with van der Waals surface area (Å²) >= 11 is 0. The summed E-state index contributed by atoms with van der Waals surface area (Å²) in [7, 11) is 6.48. The minimum atomic E-state index is -0.153. The second-order valence-electron chi connectivity index (χ2n) is 28.6. The van der Waals surface area contributed by atoms with Crippen molar-refractivity contribution in [1.29, 1.82) is 0 Å². The van der Waals surface area contributed by atoms with Gasteiger partial charge in [0.15, 0.2) is 0 Å². The number of nitrogens with one attached hydrogen (secondary N) is 4. The first kappa shape index (κ1) is 99.8. The fraction of sp³-hybridized carbons (Fsp3) is 0.511. The topological polar surface area (TPSA) is 345 Å². The van der Waals surface area contributed by atoms with E-state index in [1.54, 1.807) is 34.6 Å². The van der Waals surface area contributed by atoms with E-state index < -0.39 is 0 Å². The molecule has 9 rings (SSSR count). The molecule has 0 saturated heterocycles.